The second-order valence-corrected chi connectivity index (χ2v) is 5.53. The first-order valence-corrected chi connectivity index (χ1v) is 6.84. The second kappa shape index (κ2) is 4.47. The number of benzene rings is 1. The second-order valence-electron chi connectivity index (χ2n) is 5.53. The van der Waals surface area contributed by atoms with Crippen LogP contribution in [0.15, 0.2) is 0 Å². The summed E-state index contributed by atoms with van der Waals surface area (Å²) in [6.07, 6.45) is 1.23. The first-order chi connectivity index (χ1) is 7.99. The molecule has 1 aromatic carbocycles. The Morgan fingerprint density at radius 3 is 2.24 bits per heavy atom. The third kappa shape index (κ3) is 1.82. The summed E-state index contributed by atoms with van der Waals surface area (Å²) in [4.78, 5) is 2.62. The maximum absolute atomic E-state index is 2.62. The van der Waals surface area contributed by atoms with Gasteiger partial charge in [0.15, 0.2) is 0 Å². The SMILES string of the molecule is BBB(C)N1CCc2c(C)c(C)c(C)c(C)c21. The van der Waals surface area contributed by atoms with Crippen LogP contribution in [0.2, 0.25) is 6.82 Å². The highest BCUT2D eigenvalue weighted by Crippen LogP contribution is 2.38. The van der Waals surface area contributed by atoms with Crippen molar-refractivity contribution in [3.63, 3.8) is 0 Å². The molecule has 0 spiro atoms. The molecular weight excluding hydrogens is 203 g/mol. The molecule has 4 heteroatoms. The Hall–Kier alpha value is -0.785. The van der Waals surface area contributed by atoms with Gasteiger partial charge in [-0.2, -0.15) is 0 Å². The molecule has 0 amide bonds. The summed E-state index contributed by atoms with van der Waals surface area (Å²) in [5.74, 6) is 0. The van der Waals surface area contributed by atoms with Gasteiger partial charge in [0, 0.05) is 12.2 Å². The van der Waals surface area contributed by atoms with Gasteiger partial charge in [-0.25, -0.2) is 0 Å². The molecule has 0 N–H and O–H groups in total. The smallest absolute Gasteiger partial charge is 0.202 e. The molecule has 0 saturated carbocycles. The molecule has 0 fully saturated rings. The minimum Gasteiger partial charge on any atom is -0.422 e. The van der Waals surface area contributed by atoms with Crippen LogP contribution in [0.1, 0.15) is 27.8 Å². The Morgan fingerprint density at radius 1 is 1.06 bits per heavy atom. The van der Waals surface area contributed by atoms with Crippen molar-refractivity contribution in [1.82, 2.24) is 0 Å². The minimum absolute atomic E-state index is 0.663. The lowest BCUT2D eigenvalue weighted by molar-refractivity contribution is 1.03. The number of hydrogen-bond donors (Lipinski definition) is 0. The predicted octanol–water partition coefficient (Wildman–Crippen LogP) is 1.39. The van der Waals surface area contributed by atoms with Crippen molar-refractivity contribution in [3.05, 3.63) is 27.8 Å². The van der Waals surface area contributed by atoms with E-state index < -0.39 is 0 Å². The van der Waals surface area contributed by atoms with Crippen LogP contribution in [0, 0.1) is 27.7 Å². The Bertz CT molecular complexity index is 457. The standard InChI is InChI=1S/C13H22B3N/c1-8-9(2)11(4)13-12(10(8)3)6-7-17(13)16(5)15-14/h15H,6-7,14H2,1-5H3. The molecule has 88 valence electrons. The number of hydrogen-bond acceptors (Lipinski definition) is 1. The molecular formula is C13H22B3N. The van der Waals surface area contributed by atoms with E-state index in [9.17, 15) is 0 Å². The topological polar surface area (TPSA) is 3.24 Å². The number of nitrogens with zero attached hydrogens (tertiary/aromatic N) is 1. The Balaban J connectivity index is 2.60. The van der Waals surface area contributed by atoms with Crippen molar-refractivity contribution in [2.45, 2.75) is 40.9 Å². The van der Waals surface area contributed by atoms with Crippen LogP contribution >= 0.6 is 0 Å². The summed E-state index contributed by atoms with van der Waals surface area (Å²) >= 11 is 0. The maximum atomic E-state index is 2.62. The van der Waals surface area contributed by atoms with Crippen molar-refractivity contribution in [2.24, 2.45) is 0 Å². The third-order valence-corrected chi connectivity index (χ3v) is 4.79. The van der Waals surface area contributed by atoms with Gasteiger partial charge in [0.25, 0.3) is 0 Å². The summed E-state index contributed by atoms with van der Waals surface area (Å²) in [5, 5.41) is 0. The molecule has 0 atom stereocenters. The summed E-state index contributed by atoms with van der Waals surface area (Å²) in [6, 6.07) is 0. The van der Waals surface area contributed by atoms with Gasteiger partial charge in [0.2, 0.25) is 6.74 Å². The lowest BCUT2D eigenvalue weighted by Crippen LogP contribution is -2.41. The monoisotopic (exact) mass is 225 g/mol. The van der Waals surface area contributed by atoms with Crippen LogP contribution in [0.4, 0.5) is 5.69 Å². The Labute approximate surface area is 108 Å². The summed E-state index contributed by atoms with van der Waals surface area (Å²) in [7, 11) is 3.51. The number of anilines is 1. The average Bonchev–Trinajstić information content (AvgIpc) is 2.77. The van der Waals surface area contributed by atoms with Gasteiger partial charge >= 0.3 is 0 Å². The zero-order valence-corrected chi connectivity index (χ0v) is 12.1. The van der Waals surface area contributed by atoms with Crippen molar-refractivity contribution in [1.29, 1.82) is 0 Å². The van der Waals surface area contributed by atoms with Crippen LogP contribution in [-0.4, -0.2) is 28.1 Å². The fourth-order valence-corrected chi connectivity index (χ4v) is 3.07. The van der Waals surface area contributed by atoms with Crippen molar-refractivity contribution in [2.75, 3.05) is 11.4 Å². The van der Waals surface area contributed by atoms with E-state index in [1.54, 1.807) is 11.3 Å². The van der Waals surface area contributed by atoms with Crippen LogP contribution in [0.3, 0.4) is 0 Å². The first-order valence-electron chi connectivity index (χ1n) is 6.84. The quantitative estimate of drug-likeness (QED) is 0.687. The molecule has 1 nitrogen and oxygen atoms in total. The summed E-state index contributed by atoms with van der Waals surface area (Å²) in [6.45, 7) is 13.3. The van der Waals surface area contributed by atoms with Gasteiger partial charge in [0.1, 0.15) is 0 Å². The number of fused-ring (bicyclic) bond motifs is 1. The highest BCUT2D eigenvalue weighted by atomic mass is 15.1. The predicted molar refractivity (Wildman–Crippen MR) is 83.8 cm³/mol. The molecule has 0 radical (unpaired) electrons. The van der Waals surface area contributed by atoms with Gasteiger partial charge in [-0.15, -0.1) is 0 Å². The number of rotatable bonds is 2. The largest absolute Gasteiger partial charge is 0.422 e. The van der Waals surface area contributed by atoms with E-state index in [2.05, 4.69) is 47.1 Å². The summed E-state index contributed by atoms with van der Waals surface area (Å²) in [5.41, 5.74) is 9.14. The first kappa shape index (κ1) is 12.7. The van der Waals surface area contributed by atoms with Gasteiger partial charge in [-0.3, -0.25) is 0 Å². The molecule has 0 aliphatic carbocycles. The van der Waals surface area contributed by atoms with E-state index in [0.29, 0.717) is 6.74 Å². The van der Waals surface area contributed by atoms with E-state index in [-0.39, 0.29) is 0 Å². The molecule has 1 heterocycles. The van der Waals surface area contributed by atoms with Crippen LogP contribution in [-0.2, 0) is 6.42 Å². The zero-order chi connectivity index (χ0) is 12.7. The van der Waals surface area contributed by atoms with E-state index in [0.717, 1.165) is 0 Å². The molecule has 0 saturated heterocycles. The Morgan fingerprint density at radius 2 is 1.65 bits per heavy atom. The lowest BCUT2D eigenvalue weighted by Gasteiger charge is -2.28. The fourth-order valence-electron chi connectivity index (χ4n) is 3.07. The molecule has 17 heavy (non-hydrogen) atoms. The van der Waals surface area contributed by atoms with Crippen molar-refractivity contribution in [3.8, 4) is 0 Å². The molecule has 1 aromatic rings. The third-order valence-electron chi connectivity index (χ3n) is 4.79. The van der Waals surface area contributed by atoms with E-state index in [4.69, 9.17) is 0 Å². The van der Waals surface area contributed by atoms with Crippen molar-refractivity contribution >= 4 is 27.2 Å². The van der Waals surface area contributed by atoms with Crippen LogP contribution < -0.4 is 4.81 Å². The highest BCUT2D eigenvalue weighted by Gasteiger charge is 2.28. The molecule has 1 aliphatic rings. The molecule has 2 rings (SSSR count). The molecule has 0 unspecified atom stereocenters. The van der Waals surface area contributed by atoms with Crippen LogP contribution in [0.25, 0.3) is 0 Å². The van der Waals surface area contributed by atoms with Gasteiger partial charge < -0.3 is 4.81 Å². The molecule has 0 bridgehead atoms. The fraction of sp³-hybridized carbons (Fsp3) is 0.538. The highest BCUT2D eigenvalue weighted by molar-refractivity contribution is 7.32. The van der Waals surface area contributed by atoms with E-state index in [1.807, 2.05) is 0 Å². The molecule has 1 aliphatic heterocycles. The van der Waals surface area contributed by atoms with Crippen LogP contribution in [0.5, 0.6) is 0 Å². The molecule has 0 aromatic heterocycles. The average molecular weight is 225 g/mol. The minimum atomic E-state index is 0.663. The summed E-state index contributed by atoms with van der Waals surface area (Å²) < 4.78 is 0. The van der Waals surface area contributed by atoms with Crippen molar-refractivity contribution < 1.29 is 0 Å². The lowest BCUT2D eigenvalue weighted by atomic mass is 9.20. The Kier molecular flexibility index (Phi) is 3.33. The van der Waals surface area contributed by atoms with Gasteiger partial charge in [-0.05, 0) is 61.9 Å². The zero-order valence-electron chi connectivity index (χ0n) is 12.1. The van der Waals surface area contributed by atoms with Gasteiger partial charge in [-0.1, -0.05) is 6.82 Å². The normalized spacial score (nSPS) is 13.8. The maximum Gasteiger partial charge on any atom is 0.202 e. The van der Waals surface area contributed by atoms with E-state index >= 15 is 0 Å². The van der Waals surface area contributed by atoms with Gasteiger partial charge in [0.05, 0.1) is 14.8 Å². The van der Waals surface area contributed by atoms with E-state index in [1.165, 1.54) is 42.3 Å².